The van der Waals surface area contributed by atoms with Gasteiger partial charge in [0.15, 0.2) is 5.82 Å². The maximum Gasteiger partial charge on any atom is 0.233 e. The molecule has 1 aromatic heterocycles. The maximum atomic E-state index is 12.4. The zero-order chi connectivity index (χ0) is 18.5. The highest BCUT2D eigenvalue weighted by molar-refractivity contribution is 7.99. The van der Waals surface area contributed by atoms with Gasteiger partial charge in [0.1, 0.15) is 5.75 Å². The maximum absolute atomic E-state index is 12.4. The average molecular weight is 375 g/mol. The van der Waals surface area contributed by atoms with Crippen molar-refractivity contribution in [3.63, 3.8) is 0 Å². The van der Waals surface area contributed by atoms with Gasteiger partial charge in [-0.15, -0.1) is 10.2 Å². The van der Waals surface area contributed by atoms with Gasteiger partial charge in [-0.25, -0.2) is 4.68 Å². The Balaban J connectivity index is 1.62. The number of hydrogen-bond donors (Lipinski definition) is 1. The van der Waals surface area contributed by atoms with E-state index in [1.807, 2.05) is 36.1 Å². The molecule has 0 bridgehead atoms. The smallest absolute Gasteiger partial charge is 0.233 e. The van der Waals surface area contributed by atoms with E-state index < -0.39 is 0 Å². The third-order valence-electron chi connectivity index (χ3n) is 4.42. The van der Waals surface area contributed by atoms with Crippen LogP contribution >= 0.6 is 11.8 Å². The highest BCUT2D eigenvalue weighted by Crippen LogP contribution is 2.24. The fourth-order valence-corrected chi connectivity index (χ4v) is 3.83. The van der Waals surface area contributed by atoms with Gasteiger partial charge < -0.3 is 15.5 Å². The number of piperidine rings is 1. The van der Waals surface area contributed by atoms with Gasteiger partial charge in [0.25, 0.3) is 0 Å². The van der Waals surface area contributed by atoms with Gasteiger partial charge in [-0.2, -0.15) is 0 Å². The minimum absolute atomic E-state index is 0.132. The summed E-state index contributed by atoms with van der Waals surface area (Å²) in [6.07, 6.45) is 2.27. The van der Waals surface area contributed by atoms with Crippen molar-refractivity contribution in [2.45, 2.75) is 31.8 Å². The first-order chi connectivity index (χ1) is 12.6. The number of carbonyl (C=O) groups is 1. The third-order valence-corrected chi connectivity index (χ3v) is 5.35. The fourth-order valence-electron chi connectivity index (χ4n) is 3.07. The third kappa shape index (κ3) is 4.30. The number of amides is 1. The van der Waals surface area contributed by atoms with E-state index in [0.717, 1.165) is 30.8 Å². The Morgan fingerprint density at radius 1 is 1.35 bits per heavy atom. The zero-order valence-corrected chi connectivity index (χ0v) is 16.0. The van der Waals surface area contributed by atoms with E-state index in [1.165, 1.54) is 22.9 Å². The van der Waals surface area contributed by atoms with Crippen LogP contribution in [0, 0.1) is 5.92 Å². The summed E-state index contributed by atoms with van der Waals surface area (Å²) in [4.78, 5) is 14.3. The minimum atomic E-state index is 0.132. The van der Waals surface area contributed by atoms with Crippen LogP contribution in [-0.2, 0) is 4.79 Å². The molecule has 140 valence electrons. The number of nitrogens with two attached hydrogens (primary N) is 1. The molecule has 0 aliphatic carbocycles. The number of hydrogen-bond acceptors (Lipinski definition) is 6. The van der Waals surface area contributed by atoms with Crippen LogP contribution in [0.3, 0.4) is 0 Å². The van der Waals surface area contributed by atoms with Crippen LogP contribution in [0.5, 0.6) is 5.75 Å². The van der Waals surface area contributed by atoms with Crippen molar-refractivity contribution in [2.24, 2.45) is 5.92 Å². The molecule has 7 nitrogen and oxygen atoms in total. The number of aromatic nitrogens is 3. The van der Waals surface area contributed by atoms with Gasteiger partial charge >= 0.3 is 0 Å². The lowest BCUT2D eigenvalue weighted by Gasteiger charge is -2.30. The number of carbonyl (C=O) groups excluding carboxylic acids is 1. The molecule has 8 heteroatoms. The summed E-state index contributed by atoms with van der Waals surface area (Å²) in [6.45, 7) is 6.44. The Bertz CT molecular complexity index is 747. The molecule has 2 heterocycles. The SMILES string of the molecule is CCOc1ccc(-c2nnc(SCC(=O)N3CCC[C@H](C)C3)n2N)cc1. The number of rotatable bonds is 6. The van der Waals surface area contributed by atoms with Crippen molar-refractivity contribution in [1.29, 1.82) is 0 Å². The van der Waals surface area contributed by atoms with Gasteiger partial charge in [-0.1, -0.05) is 18.7 Å². The lowest BCUT2D eigenvalue weighted by molar-refractivity contribution is -0.130. The summed E-state index contributed by atoms with van der Waals surface area (Å²) < 4.78 is 6.88. The van der Waals surface area contributed by atoms with E-state index >= 15 is 0 Å². The molecule has 26 heavy (non-hydrogen) atoms. The highest BCUT2D eigenvalue weighted by Gasteiger charge is 2.22. The Hall–Kier alpha value is -2.22. The predicted octanol–water partition coefficient (Wildman–Crippen LogP) is 2.41. The number of nitrogens with zero attached hydrogens (tertiary/aromatic N) is 4. The topological polar surface area (TPSA) is 86.3 Å². The van der Waals surface area contributed by atoms with Crippen molar-refractivity contribution in [3.05, 3.63) is 24.3 Å². The molecule has 0 unspecified atom stereocenters. The summed E-state index contributed by atoms with van der Waals surface area (Å²) in [7, 11) is 0. The van der Waals surface area contributed by atoms with Crippen LogP contribution in [0.25, 0.3) is 11.4 Å². The molecule has 1 aliphatic heterocycles. The van der Waals surface area contributed by atoms with Crippen molar-refractivity contribution in [2.75, 3.05) is 31.3 Å². The first-order valence-corrected chi connectivity index (χ1v) is 9.91. The van der Waals surface area contributed by atoms with Gasteiger partial charge in [-0.05, 0) is 49.9 Å². The van der Waals surface area contributed by atoms with Crippen molar-refractivity contribution >= 4 is 17.7 Å². The molecule has 1 atom stereocenters. The molecule has 1 amide bonds. The quantitative estimate of drug-likeness (QED) is 0.616. The van der Waals surface area contributed by atoms with Crippen LogP contribution in [0.4, 0.5) is 0 Å². The molecule has 0 spiro atoms. The monoisotopic (exact) mass is 375 g/mol. The molecule has 1 aliphatic rings. The summed E-state index contributed by atoms with van der Waals surface area (Å²) in [5.41, 5.74) is 0.853. The number of nitrogen functional groups attached to an aromatic ring is 1. The zero-order valence-electron chi connectivity index (χ0n) is 15.2. The lowest BCUT2D eigenvalue weighted by Crippen LogP contribution is -2.40. The van der Waals surface area contributed by atoms with E-state index in [0.29, 0.717) is 29.3 Å². The van der Waals surface area contributed by atoms with Crippen molar-refractivity contribution in [1.82, 2.24) is 19.8 Å². The van der Waals surface area contributed by atoms with E-state index in [-0.39, 0.29) is 5.91 Å². The second-order valence-electron chi connectivity index (χ2n) is 6.51. The van der Waals surface area contributed by atoms with Gasteiger partial charge in [0.05, 0.1) is 12.4 Å². The molecule has 1 aromatic carbocycles. The number of benzene rings is 1. The Kier molecular flexibility index (Phi) is 6.03. The molecule has 0 saturated carbocycles. The molecule has 0 radical (unpaired) electrons. The van der Waals surface area contributed by atoms with E-state index in [2.05, 4.69) is 17.1 Å². The second kappa shape index (κ2) is 8.44. The highest BCUT2D eigenvalue weighted by atomic mass is 32.2. The van der Waals surface area contributed by atoms with E-state index in [4.69, 9.17) is 10.6 Å². The van der Waals surface area contributed by atoms with E-state index in [1.54, 1.807) is 0 Å². The normalized spacial score (nSPS) is 17.3. The van der Waals surface area contributed by atoms with Crippen molar-refractivity contribution in [3.8, 4) is 17.1 Å². The Morgan fingerprint density at radius 2 is 2.12 bits per heavy atom. The van der Waals surface area contributed by atoms with Gasteiger partial charge in [-0.3, -0.25) is 4.79 Å². The minimum Gasteiger partial charge on any atom is -0.494 e. The fraction of sp³-hybridized carbons (Fsp3) is 0.500. The van der Waals surface area contributed by atoms with Gasteiger partial charge in [0.2, 0.25) is 11.1 Å². The van der Waals surface area contributed by atoms with Crippen LogP contribution in [-0.4, -0.2) is 51.1 Å². The first kappa shape index (κ1) is 18.6. The largest absolute Gasteiger partial charge is 0.494 e. The Labute approximate surface area is 157 Å². The standard InChI is InChI=1S/C18H25N5O2S/c1-3-25-15-8-6-14(7-9-15)17-20-21-18(23(17)19)26-12-16(24)22-10-4-5-13(2)11-22/h6-9,13H,3-5,10-12,19H2,1-2H3/t13-/m0/s1. The second-order valence-corrected chi connectivity index (χ2v) is 7.45. The van der Waals surface area contributed by atoms with Crippen LogP contribution in [0.2, 0.25) is 0 Å². The summed E-state index contributed by atoms with van der Waals surface area (Å²) in [5.74, 6) is 8.53. The number of likely N-dealkylation sites (tertiary alicyclic amines) is 1. The summed E-state index contributed by atoms with van der Waals surface area (Å²) >= 11 is 1.33. The number of ether oxygens (including phenoxy) is 1. The van der Waals surface area contributed by atoms with Crippen molar-refractivity contribution < 1.29 is 9.53 Å². The molecule has 3 rings (SSSR count). The predicted molar refractivity (Wildman–Crippen MR) is 102 cm³/mol. The Morgan fingerprint density at radius 3 is 2.81 bits per heavy atom. The average Bonchev–Trinajstić information content (AvgIpc) is 3.01. The molecular formula is C18H25N5O2S. The van der Waals surface area contributed by atoms with Gasteiger partial charge in [0, 0.05) is 18.7 Å². The molecule has 1 fully saturated rings. The first-order valence-electron chi connectivity index (χ1n) is 8.92. The molecular weight excluding hydrogens is 350 g/mol. The summed E-state index contributed by atoms with van der Waals surface area (Å²) in [5, 5.41) is 8.83. The molecule has 1 saturated heterocycles. The van der Waals surface area contributed by atoms with Crippen LogP contribution in [0.1, 0.15) is 26.7 Å². The molecule has 2 N–H and O–H groups in total. The lowest BCUT2D eigenvalue weighted by atomic mass is 10.0. The van der Waals surface area contributed by atoms with Crippen LogP contribution in [0.15, 0.2) is 29.4 Å². The molecule has 2 aromatic rings. The van der Waals surface area contributed by atoms with E-state index in [9.17, 15) is 4.79 Å². The number of thioether (sulfide) groups is 1. The summed E-state index contributed by atoms with van der Waals surface area (Å²) in [6, 6.07) is 7.54. The van der Waals surface area contributed by atoms with Crippen LogP contribution < -0.4 is 10.6 Å².